The summed E-state index contributed by atoms with van der Waals surface area (Å²) in [5, 5.41) is 5.44. The fraction of sp³-hybridized carbons (Fsp3) is 0.406. The van der Waals surface area contributed by atoms with Gasteiger partial charge in [-0.1, -0.05) is 29.8 Å². The first-order chi connectivity index (χ1) is 20.3. The minimum absolute atomic E-state index is 0.0987. The zero-order valence-electron chi connectivity index (χ0n) is 24.5. The zero-order chi connectivity index (χ0) is 29.4. The first-order valence-electron chi connectivity index (χ1n) is 14.5. The number of aromatic nitrogens is 4. The zero-order valence-corrected chi connectivity index (χ0v) is 25.2. The third kappa shape index (κ3) is 5.80. The first-order valence-corrected chi connectivity index (χ1v) is 14.9. The predicted molar refractivity (Wildman–Crippen MR) is 163 cm³/mol. The number of halogens is 2. The number of anilines is 4. The van der Waals surface area contributed by atoms with Crippen LogP contribution in [0.3, 0.4) is 0 Å². The third-order valence-corrected chi connectivity index (χ3v) is 8.28. The maximum absolute atomic E-state index is 15.0. The monoisotopic (exact) mass is 590 g/mol. The smallest absolute Gasteiger partial charge is 0.233 e. The molecule has 2 aromatic heterocycles. The molecule has 2 aliphatic rings. The molecule has 4 aromatic rings. The lowest BCUT2D eigenvalue weighted by Crippen LogP contribution is -2.24. The van der Waals surface area contributed by atoms with E-state index in [1.807, 2.05) is 48.9 Å². The van der Waals surface area contributed by atoms with E-state index in [-0.39, 0.29) is 18.0 Å². The molecule has 220 valence electrons. The largest absolute Gasteiger partial charge is 0.497 e. The van der Waals surface area contributed by atoms with Gasteiger partial charge in [0.05, 0.1) is 19.3 Å². The Morgan fingerprint density at radius 1 is 1.05 bits per heavy atom. The number of aryl methyl sites for hydroxylation is 2. The summed E-state index contributed by atoms with van der Waals surface area (Å²) in [5.41, 5.74) is 4.16. The van der Waals surface area contributed by atoms with Crippen LogP contribution in [-0.4, -0.2) is 40.5 Å². The van der Waals surface area contributed by atoms with Crippen LogP contribution in [0, 0.1) is 19.7 Å². The second-order valence-electron chi connectivity index (χ2n) is 11.2. The lowest BCUT2D eigenvalue weighted by atomic mass is 10.1. The van der Waals surface area contributed by atoms with Crippen molar-refractivity contribution in [2.75, 3.05) is 30.6 Å². The van der Waals surface area contributed by atoms with Crippen LogP contribution in [0.5, 0.6) is 5.75 Å². The molecule has 2 aromatic carbocycles. The molecule has 42 heavy (non-hydrogen) atoms. The van der Waals surface area contributed by atoms with Gasteiger partial charge < -0.3 is 19.3 Å². The van der Waals surface area contributed by atoms with Gasteiger partial charge in [0.1, 0.15) is 22.5 Å². The lowest BCUT2D eigenvalue weighted by molar-refractivity contribution is -0.0405. The molecule has 3 heterocycles. The van der Waals surface area contributed by atoms with Crippen molar-refractivity contribution < 1.29 is 13.9 Å². The van der Waals surface area contributed by atoms with E-state index in [1.54, 1.807) is 25.1 Å². The molecule has 0 spiro atoms. The summed E-state index contributed by atoms with van der Waals surface area (Å²) >= 11 is 6.94. The summed E-state index contributed by atoms with van der Waals surface area (Å²) in [4.78, 5) is 13.5. The van der Waals surface area contributed by atoms with E-state index in [2.05, 4.69) is 16.0 Å². The predicted octanol–water partition coefficient (Wildman–Crippen LogP) is 7.77. The summed E-state index contributed by atoms with van der Waals surface area (Å²) in [6.07, 6.45) is 5.01. The quantitative estimate of drug-likeness (QED) is 0.184. The average Bonchev–Trinajstić information content (AvgIpc) is 3.76. The summed E-state index contributed by atoms with van der Waals surface area (Å²) in [6, 6.07) is 15.1. The Labute approximate surface area is 251 Å². The van der Waals surface area contributed by atoms with Gasteiger partial charge in [-0.25, -0.2) is 14.1 Å². The van der Waals surface area contributed by atoms with Gasteiger partial charge in [0.15, 0.2) is 12.0 Å². The van der Waals surface area contributed by atoms with E-state index >= 15 is 4.39 Å². The van der Waals surface area contributed by atoms with Crippen molar-refractivity contribution in [3.8, 4) is 5.75 Å². The van der Waals surface area contributed by atoms with Gasteiger partial charge in [-0.2, -0.15) is 10.1 Å². The van der Waals surface area contributed by atoms with Crippen molar-refractivity contribution in [2.45, 2.75) is 64.6 Å². The molecule has 10 heteroatoms. The Hall–Kier alpha value is -3.69. The van der Waals surface area contributed by atoms with Gasteiger partial charge in [0.25, 0.3) is 0 Å². The fourth-order valence-electron chi connectivity index (χ4n) is 5.48. The molecule has 1 atom stereocenters. The third-order valence-electron chi connectivity index (χ3n) is 7.99. The van der Waals surface area contributed by atoms with Gasteiger partial charge in [0.2, 0.25) is 5.95 Å². The second kappa shape index (κ2) is 11.9. The number of nitrogens with zero attached hydrogens (tertiary/aromatic N) is 6. The van der Waals surface area contributed by atoms with E-state index in [4.69, 9.17) is 31.2 Å². The topological polar surface area (TPSA) is 68.5 Å². The maximum Gasteiger partial charge on any atom is 0.233 e. The molecule has 1 saturated heterocycles. The van der Waals surface area contributed by atoms with Crippen molar-refractivity contribution in [1.29, 1.82) is 0 Å². The first kappa shape index (κ1) is 28.4. The standard InChI is InChI=1S/C32H36ClFN6O2/c1-20-8-15-26(25(34)17-20)38(3)32-35-30(33)29(23-11-12-23)31(36-32)39(19-22-9-13-24(41-4)14-10-22)27-18-21(2)40(37-27)28-7-5-6-16-42-28/h8-10,13-15,17-18,23,28H,5-7,11-12,16,19H2,1-4H3. The van der Waals surface area contributed by atoms with E-state index in [1.165, 1.54) is 6.07 Å². The number of benzene rings is 2. The van der Waals surface area contributed by atoms with Crippen LogP contribution < -0.4 is 14.5 Å². The highest BCUT2D eigenvalue weighted by atomic mass is 35.5. The molecular formula is C32H36ClFN6O2. The molecule has 1 aliphatic heterocycles. The van der Waals surface area contributed by atoms with E-state index < -0.39 is 0 Å². The number of hydrogen-bond donors (Lipinski definition) is 0. The highest BCUT2D eigenvalue weighted by Gasteiger charge is 2.34. The maximum atomic E-state index is 15.0. The van der Waals surface area contributed by atoms with Crippen LogP contribution in [0.4, 0.5) is 27.7 Å². The molecule has 1 unspecified atom stereocenters. The van der Waals surface area contributed by atoms with Crippen LogP contribution in [0.15, 0.2) is 48.5 Å². The Bertz CT molecular complexity index is 1570. The number of ether oxygens (including phenoxy) is 2. The number of methoxy groups -OCH3 is 1. The minimum Gasteiger partial charge on any atom is -0.497 e. The molecule has 1 saturated carbocycles. The molecule has 0 N–H and O–H groups in total. The van der Waals surface area contributed by atoms with E-state index in [9.17, 15) is 0 Å². The van der Waals surface area contributed by atoms with Gasteiger partial charge in [-0.05, 0) is 87.3 Å². The molecule has 2 fully saturated rings. The summed E-state index contributed by atoms with van der Waals surface area (Å²) < 4.78 is 28.5. The molecule has 0 radical (unpaired) electrons. The van der Waals surface area contributed by atoms with Crippen LogP contribution in [0.2, 0.25) is 5.15 Å². The van der Waals surface area contributed by atoms with Crippen molar-refractivity contribution in [2.24, 2.45) is 0 Å². The van der Waals surface area contributed by atoms with E-state index in [0.717, 1.165) is 72.7 Å². The van der Waals surface area contributed by atoms with Gasteiger partial charge in [-0.15, -0.1) is 0 Å². The van der Waals surface area contributed by atoms with Crippen LogP contribution in [0.1, 0.15) is 66.6 Å². The molecule has 0 bridgehead atoms. The summed E-state index contributed by atoms with van der Waals surface area (Å²) in [7, 11) is 3.41. The molecule has 0 amide bonds. The highest BCUT2D eigenvalue weighted by molar-refractivity contribution is 6.30. The Kier molecular flexibility index (Phi) is 8.05. The summed E-state index contributed by atoms with van der Waals surface area (Å²) in [6.45, 7) is 5.13. The minimum atomic E-state index is -0.345. The van der Waals surface area contributed by atoms with Crippen molar-refractivity contribution in [3.63, 3.8) is 0 Å². The molecule has 6 rings (SSSR count). The van der Waals surface area contributed by atoms with Crippen LogP contribution >= 0.6 is 11.6 Å². The Morgan fingerprint density at radius 2 is 1.83 bits per heavy atom. The van der Waals surface area contributed by atoms with Gasteiger partial charge in [-0.3, -0.25) is 0 Å². The fourth-order valence-corrected chi connectivity index (χ4v) is 5.79. The Morgan fingerprint density at radius 3 is 2.50 bits per heavy atom. The van der Waals surface area contributed by atoms with E-state index in [0.29, 0.717) is 29.2 Å². The SMILES string of the molecule is COc1ccc(CN(c2cc(C)n(C3CCCCO3)n2)c2nc(N(C)c3ccc(C)cc3F)nc(Cl)c2C2CC2)cc1. The normalized spacial score (nSPS) is 16.9. The summed E-state index contributed by atoms with van der Waals surface area (Å²) in [5.74, 6) is 2.43. The highest BCUT2D eigenvalue weighted by Crippen LogP contribution is 2.48. The lowest BCUT2D eigenvalue weighted by Gasteiger charge is -2.27. The molecular weight excluding hydrogens is 555 g/mol. The molecule has 8 nitrogen and oxygen atoms in total. The second-order valence-corrected chi connectivity index (χ2v) is 11.5. The van der Waals surface area contributed by atoms with Crippen molar-refractivity contribution >= 4 is 34.9 Å². The van der Waals surface area contributed by atoms with Crippen molar-refractivity contribution in [1.82, 2.24) is 19.7 Å². The van der Waals surface area contributed by atoms with Crippen LogP contribution in [0.25, 0.3) is 0 Å². The van der Waals surface area contributed by atoms with Gasteiger partial charge >= 0.3 is 0 Å². The Balaban J connectivity index is 1.47. The number of rotatable bonds is 9. The van der Waals surface area contributed by atoms with Gasteiger partial charge in [0, 0.05) is 31.0 Å². The molecule has 1 aliphatic carbocycles. The van der Waals surface area contributed by atoms with Crippen LogP contribution in [-0.2, 0) is 11.3 Å². The van der Waals surface area contributed by atoms with Crippen molar-refractivity contribution in [3.05, 3.63) is 81.9 Å². The average molecular weight is 591 g/mol. The number of hydrogen-bond acceptors (Lipinski definition) is 7.